The van der Waals surface area contributed by atoms with E-state index in [1.165, 1.54) is 0 Å². The van der Waals surface area contributed by atoms with Crippen LogP contribution in [-0.2, 0) is 30.8 Å². The van der Waals surface area contributed by atoms with E-state index in [1.54, 1.807) is 30.3 Å². The van der Waals surface area contributed by atoms with Crippen molar-refractivity contribution in [2.45, 2.75) is 18.4 Å². The van der Waals surface area contributed by atoms with Gasteiger partial charge in [0.25, 0.3) is 0 Å². The molecule has 1 fully saturated rings. The van der Waals surface area contributed by atoms with Crippen molar-refractivity contribution in [3.05, 3.63) is 41.4 Å². The number of benzene rings is 1. The Morgan fingerprint density at radius 3 is 2.55 bits per heavy atom. The number of esters is 1. The predicted molar refractivity (Wildman–Crippen MR) is 75.2 cm³/mol. The number of carbonyl (C=O) groups is 2. The van der Waals surface area contributed by atoms with E-state index in [1.807, 2.05) is 0 Å². The van der Waals surface area contributed by atoms with Crippen molar-refractivity contribution in [1.29, 1.82) is 0 Å². The molecule has 0 radical (unpaired) electrons. The standard InChI is InChI=1S/C13H13N3O5S/c14-16-10(8-22(19,20)12-6-11(17)15-12)13(18)21-7-9-4-2-1-3-5-9/h1-5,12H,6-8H2,(H,15,17). The second-order valence-electron chi connectivity index (χ2n) is 4.68. The number of β-lactam (4-membered cyclic amide) rings is 1. The molecule has 116 valence electrons. The zero-order valence-electron chi connectivity index (χ0n) is 11.4. The molecule has 0 saturated carbocycles. The van der Waals surface area contributed by atoms with Crippen LogP contribution >= 0.6 is 0 Å². The van der Waals surface area contributed by atoms with Crippen molar-refractivity contribution < 1.29 is 27.5 Å². The summed E-state index contributed by atoms with van der Waals surface area (Å²) in [6.45, 7) is -0.0705. The summed E-state index contributed by atoms with van der Waals surface area (Å²) >= 11 is 0. The smallest absolute Gasteiger partial charge is 0.418 e. The van der Waals surface area contributed by atoms with Crippen molar-refractivity contribution in [3.8, 4) is 0 Å². The first-order valence-corrected chi connectivity index (χ1v) is 8.07. The van der Waals surface area contributed by atoms with Gasteiger partial charge < -0.3 is 15.6 Å². The molecule has 1 saturated heterocycles. The Kier molecular flexibility index (Phi) is 4.69. The van der Waals surface area contributed by atoms with Gasteiger partial charge in [0.2, 0.25) is 5.91 Å². The lowest BCUT2D eigenvalue weighted by Crippen LogP contribution is -2.54. The molecule has 1 heterocycles. The van der Waals surface area contributed by atoms with Crippen LogP contribution in [0.15, 0.2) is 30.3 Å². The van der Waals surface area contributed by atoms with Gasteiger partial charge in [0.15, 0.2) is 15.6 Å². The van der Waals surface area contributed by atoms with Crippen LogP contribution in [0.2, 0.25) is 0 Å². The molecule has 8 nitrogen and oxygen atoms in total. The normalized spacial score (nSPS) is 16.9. The Bertz CT molecular complexity index is 730. The number of rotatable bonds is 6. The summed E-state index contributed by atoms with van der Waals surface area (Å²) in [6, 6.07) is 8.76. The summed E-state index contributed by atoms with van der Waals surface area (Å²) in [5.41, 5.74) is 8.90. The highest BCUT2D eigenvalue weighted by molar-refractivity contribution is 7.92. The molecule has 0 bridgehead atoms. The summed E-state index contributed by atoms with van der Waals surface area (Å²) in [6.07, 6.45) is -0.167. The zero-order valence-corrected chi connectivity index (χ0v) is 12.2. The van der Waals surface area contributed by atoms with Gasteiger partial charge in [-0.3, -0.25) is 4.79 Å². The second kappa shape index (κ2) is 6.50. The highest BCUT2D eigenvalue weighted by Gasteiger charge is 2.41. The van der Waals surface area contributed by atoms with Crippen LogP contribution in [0.25, 0.3) is 5.53 Å². The number of ether oxygens (including phenoxy) is 1. The minimum atomic E-state index is -3.82. The fraction of sp³-hybridized carbons (Fsp3) is 0.308. The van der Waals surface area contributed by atoms with Gasteiger partial charge in [-0.25, -0.2) is 13.2 Å². The monoisotopic (exact) mass is 323 g/mol. The summed E-state index contributed by atoms with van der Waals surface area (Å²) in [5, 5.41) is 1.14. The molecule has 1 atom stereocenters. The van der Waals surface area contributed by atoms with Gasteiger partial charge in [0, 0.05) is 0 Å². The Balaban J connectivity index is 1.95. The van der Waals surface area contributed by atoms with E-state index in [4.69, 9.17) is 10.3 Å². The van der Waals surface area contributed by atoms with E-state index in [0.717, 1.165) is 0 Å². The topological polar surface area (TPSA) is 126 Å². The van der Waals surface area contributed by atoms with Crippen molar-refractivity contribution in [1.82, 2.24) is 5.32 Å². The van der Waals surface area contributed by atoms with Gasteiger partial charge >= 0.3 is 11.7 Å². The van der Waals surface area contributed by atoms with E-state index < -0.39 is 32.6 Å². The third-order valence-corrected chi connectivity index (χ3v) is 4.86. The highest BCUT2D eigenvalue weighted by Crippen LogP contribution is 2.13. The van der Waals surface area contributed by atoms with Crippen LogP contribution in [0, 0.1) is 0 Å². The number of amides is 1. The van der Waals surface area contributed by atoms with Gasteiger partial charge in [0.1, 0.15) is 12.0 Å². The minimum Gasteiger partial charge on any atom is -0.452 e. The number of nitrogens with one attached hydrogen (secondary N) is 1. The van der Waals surface area contributed by atoms with E-state index in [9.17, 15) is 18.0 Å². The molecule has 0 aromatic heterocycles. The van der Waals surface area contributed by atoms with E-state index in [0.29, 0.717) is 5.56 Å². The predicted octanol–water partition coefficient (Wildman–Crippen LogP) is -0.339. The van der Waals surface area contributed by atoms with E-state index in [-0.39, 0.29) is 18.9 Å². The van der Waals surface area contributed by atoms with E-state index >= 15 is 0 Å². The molecule has 2 rings (SSSR count). The molecular formula is C13H13N3O5S. The minimum absolute atomic E-state index is 0.0705. The van der Waals surface area contributed by atoms with Gasteiger partial charge in [-0.15, -0.1) is 0 Å². The lowest BCUT2D eigenvalue weighted by molar-refractivity contribution is -0.141. The summed E-state index contributed by atoms with van der Waals surface area (Å²) in [4.78, 5) is 25.2. The molecule has 1 aliphatic rings. The average Bonchev–Trinajstić information content (AvgIpc) is 2.48. The van der Waals surface area contributed by atoms with Gasteiger partial charge in [-0.2, -0.15) is 4.79 Å². The lowest BCUT2D eigenvalue weighted by Gasteiger charge is -2.25. The van der Waals surface area contributed by atoms with E-state index in [2.05, 4.69) is 10.1 Å². The van der Waals surface area contributed by atoms with Gasteiger partial charge in [0.05, 0.1) is 6.42 Å². The Hall–Kier alpha value is -2.51. The average molecular weight is 323 g/mol. The van der Waals surface area contributed by atoms with Crippen LogP contribution in [0.1, 0.15) is 12.0 Å². The molecule has 9 heteroatoms. The first-order chi connectivity index (χ1) is 10.4. The number of hydrogen-bond donors (Lipinski definition) is 1. The first kappa shape index (κ1) is 15.9. The molecule has 1 aromatic carbocycles. The Labute approximate surface area is 126 Å². The van der Waals surface area contributed by atoms with Crippen molar-refractivity contribution >= 4 is 27.4 Å². The molecule has 1 N–H and O–H groups in total. The molecule has 1 unspecified atom stereocenters. The number of hydrogen-bond acceptors (Lipinski definition) is 5. The van der Waals surface area contributed by atoms with Crippen molar-refractivity contribution in [3.63, 3.8) is 0 Å². The third-order valence-electron chi connectivity index (χ3n) is 3.03. The lowest BCUT2D eigenvalue weighted by atomic mass is 10.2. The highest BCUT2D eigenvalue weighted by atomic mass is 32.2. The van der Waals surface area contributed by atoms with Crippen LogP contribution in [-0.4, -0.2) is 41.9 Å². The second-order valence-corrected chi connectivity index (χ2v) is 6.86. The molecule has 1 amide bonds. The molecule has 1 aliphatic heterocycles. The van der Waals surface area contributed by atoms with Crippen molar-refractivity contribution in [2.24, 2.45) is 0 Å². The van der Waals surface area contributed by atoms with Gasteiger partial charge in [-0.1, -0.05) is 30.3 Å². The number of carbonyl (C=O) groups excluding carboxylic acids is 2. The number of nitrogens with zero attached hydrogens (tertiary/aromatic N) is 2. The first-order valence-electron chi connectivity index (χ1n) is 6.35. The molecule has 0 aliphatic carbocycles. The van der Waals surface area contributed by atoms with Crippen LogP contribution in [0.4, 0.5) is 0 Å². The zero-order chi connectivity index (χ0) is 16.2. The molecule has 22 heavy (non-hydrogen) atoms. The molecule has 0 spiro atoms. The van der Waals surface area contributed by atoms with Crippen molar-refractivity contribution in [2.75, 3.05) is 5.75 Å². The summed E-state index contributed by atoms with van der Waals surface area (Å²) < 4.78 is 28.7. The Morgan fingerprint density at radius 2 is 2.00 bits per heavy atom. The summed E-state index contributed by atoms with van der Waals surface area (Å²) in [7, 11) is -3.82. The maximum Gasteiger partial charge on any atom is 0.418 e. The van der Waals surface area contributed by atoms with Crippen LogP contribution < -0.4 is 5.32 Å². The van der Waals surface area contributed by atoms with Crippen LogP contribution in [0.5, 0.6) is 0 Å². The molecular weight excluding hydrogens is 310 g/mol. The SMILES string of the molecule is [N-]=[N+]=C(CS(=O)(=O)C1CC(=O)N1)C(=O)OCc1ccccc1. The third kappa shape index (κ3) is 3.78. The maximum absolute atomic E-state index is 11.9. The van der Waals surface area contributed by atoms with Gasteiger partial charge in [-0.05, 0) is 5.56 Å². The fourth-order valence-corrected chi connectivity index (χ4v) is 3.24. The quantitative estimate of drug-likeness (QED) is 0.252. The van der Waals surface area contributed by atoms with Crippen LogP contribution in [0.3, 0.4) is 0 Å². The fourth-order valence-electron chi connectivity index (χ4n) is 1.77. The number of sulfone groups is 1. The maximum atomic E-state index is 11.9. The Morgan fingerprint density at radius 1 is 1.36 bits per heavy atom. The largest absolute Gasteiger partial charge is 0.452 e. The molecule has 1 aromatic rings. The summed E-state index contributed by atoms with van der Waals surface area (Å²) in [5.74, 6) is -2.22.